The van der Waals surface area contributed by atoms with Crippen LogP contribution in [0.1, 0.15) is 37.2 Å². The third-order valence-corrected chi connectivity index (χ3v) is 9.61. The number of piperidine rings is 1. The van der Waals surface area contributed by atoms with Gasteiger partial charge >= 0.3 is 0 Å². The first-order valence-electron chi connectivity index (χ1n) is 10.0. The lowest BCUT2D eigenvalue weighted by molar-refractivity contribution is 0.315. The molecule has 6 nitrogen and oxygen atoms in total. The van der Waals surface area contributed by atoms with Crippen molar-refractivity contribution in [3.63, 3.8) is 0 Å². The maximum absolute atomic E-state index is 13.1. The van der Waals surface area contributed by atoms with E-state index in [4.69, 9.17) is 0 Å². The number of hydrogen-bond acceptors (Lipinski definition) is 4. The minimum absolute atomic E-state index is 0.145. The Kier molecular flexibility index (Phi) is 5.79. The van der Waals surface area contributed by atoms with E-state index in [1.54, 1.807) is 0 Å². The Bertz CT molecular complexity index is 1050. The second kappa shape index (κ2) is 8.18. The van der Waals surface area contributed by atoms with Gasteiger partial charge in [-0.05, 0) is 61.4 Å². The molecule has 1 atom stereocenters. The van der Waals surface area contributed by atoms with Gasteiger partial charge in [-0.25, -0.2) is 16.8 Å². The van der Waals surface area contributed by atoms with Gasteiger partial charge in [0.15, 0.2) is 0 Å². The average Bonchev–Trinajstić information content (AvgIpc) is 3.30. The number of hydrogen-bond donors (Lipinski definition) is 0. The highest BCUT2D eigenvalue weighted by molar-refractivity contribution is 7.89. The summed E-state index contributed by atoms with van der Waals surface area (Å²) in [5.74, 6) is 0.176. The maximum Gasteiger partial charge on any atom is 0.243 e. The van der Waals surface area contributed by atoms with Crippen molar-refractivity contribution in [3.8, 4) is 0 Å². The molecule has 8 heteroatoms. The zero-order valence-electron chi connectivity index (χ0n) is 16.3. The summed E-state index contributed by atoms with van der Waals surface area (Å²) < 4.78 is 54.6. The Hall–Kier alpha value is -1.74. The molecular formula is C21H26N2O4S2. The Morgan fingerprint density at radius 1 is 0.655 bits per heavy atom. The molecule has 2 aliphatic rings. The lowest BCUT2D eigenvalue weighted by Crippen LogP contribution is -2.39. The standard InChI is InChI=1S/C21H26N2O4S2/c24-28(25,22-14-4-5-15-22)20-10-12-21(13-11-20)29(26,27)23-16-6-9-19(17-23)18-7-2-1-3-8-18/h1-3,7-8,10-13,19H,4-6,9,14-17H2/t19-/m0/s1. The van der Waals surface area contributed by atoms with Crippen molar-refractivity contribution >= 4 is 20.0 Å². The van der Waals surface area contributed by atoms with Crippen LogP contribution >= 0.6 is 0 Å². The summed E-state index contributed by atoms with van der Waals surface area (Å²) in [5.41, 5.74) is 1.15. The summed E-state index contributed by atoms with van der Waals surface area (Å²) in [6.07, 6.45) is 3.50. The molecule has 2 heterocycles. The first kappa shape index (κ1) is 20.5. The zero-order valence-corrected chi connectivity index (χ0v) is 17.9. The fourth-order valence-electron chi connectivity index (χ4n) is 4.17. The predicted octanol–water partition coefficient (Wildman–Crippen LogP) is 3.04. The Labute approximate surface area is 173 Å². The van der Waals surface area contributed by atoms with E-state index in [1.165, 1.54) is 32.9 Å². The van der Waals surface area contributed by atoms with Crippen LogP contribution in [0.25, 0.3) is 0 Å². The van der Waals surface area contributed by atoms with Crippen LogP contribution in [0.3, 0.4) is 0 Å². The molecule has 4 rings (SSSR count). The first-order valence-corrected chi connectivity index (χ1v) is 12.9. The number of nitrogens with zero attached hydrogens (tertiary/aromatic N) is 2. The molecule has 0 spiro atoms. The Balaban J connectivity index is 1.54. The van der Waals surface area contributed by atoms with Crippen molar-refractivity contribution < 1.29 is 16.8 Å². The van der Waals surface area contributed by atoms with E-state index in [0.717, 1.165) is 31.2 Å². The molecule has 2 aromatic carbocycles. The Morgan fingerprint density at radius 3 is 1.76 bits per heavy atom. The zero-order chi connectivity index (χ0) is 20.5. The molecule has 2 aromatic rings. The van der Waals surface area contributed by atoms with Gasteiger partial charge in [0.1, 0.15) is 0 Å². The summed E-state index contributed by atoms with van der Waals surface area (Å²) in [7, 11) is -7.21. The average molecular weight is 435 g/mol. The highest BCUT2D eigenvalue weighted by atomic mass is 32.2. The molecule has 2 fully saturated rings. The normalized spacial score (nSPS) is 22.0. The van der Waals surface area contributed by atoms with Crippen LogP contribution < -0.4 is 0 Å². The summed E-state index contributed by atoms with van der Waals surface area (Å²) in [5, 5.41) is 0. The summed E-state index contributed by atoms with van der Waals surface area (Å²) >= 11 is 0. The molecule has 29 heavy (non-hydrogen) atoms. The van der Waals surface area contributed by atoms with Crippen molar-refractivity contribution in [3.05, 3.63) is 60.2 Å². The number of rotatable bonds is 5. The molecule has 0 bridgehead atoms. The second-order valence-electron chi connectivity index (χ2n) is 7.70. The van der Waals surface area contributed by atoms with E-state index < -0.39 is 20.0 Å². The van der Waals surface area contributed by atoms with Crippen molar-refractivity contribution in [1.82, 2.24) is 8.61 Å². The molecule has 2 saturated heterocycles. The molecule has 0 aliphatic carbocycles. The highest BCUT2D eigenvalue weighted by Crippen LogP contribution is 2.31. The molecule has 0 amide bonds. The summed E-state index contributed by atoms with van der Waals surface area (Å²) in [6.45, 7) is 1.98. The van der Waals surface area contributed by atoms with Gasteiger partial charge in [-0.2, -0.15) is 8.61 Å². The van der Waals surface area contributed by atoms with Crippen LogP contribution in [-0.2, 0) is 20.0 Å². The van der Waals surface area contributed by atoms with Crippen LogP contribution in [-0.4, -0.2) is 51.6 Å². The van der Waals surface area contributed by atoms with Gasteiger partial charge < -0.3 is 0 Å². The topological polar surface area (TPSA) is 74.8 Å². The molecular weight excluding hydrogens is 408 g/mol. The number of benzene rings is 2. The van der Waals surface area contributed by atoms with Crippen LogP contribution in [0, 0.1) is 0 Å². The fourth-order valence-corrected chi connectivity index (χ4v) is 7.21. The third-order valence-electron chi connectivity index (χ3n) is 5.82. The van der Waals surface area contributed by atoms with E-state index in [9.17, 15) is 16.8 Å². The molecule has 2 aliphatic heterocycles. The van der Waals surface area contributed by atoms with E-state index in [0.29, 0.717) is 26.2 Å². The lowest BCUT2D eigenvalue weighted by atomic mass is 9.92. The molecule has 156 valence electrons. The largest absolute Gasteiger partial charge is 0.243 e. The number of sulfonamides is 2. The van der Waals surface area contributed by atoms with Crippen LogP contribution in [0.2, 0.25) is 0 Å². The van der Waals surface area contributed by atoms with Crippen molar-refractivity contribution in [2.45, 2.75) is 41.4 Å². The van der Waals surface area contributed by atoms with Crippen molar-refractivity contribution in [2.75, 3.05) is 26.2 Å². The monoisotopic (exact) mass is 434 g/mol. The van der Waals surface area contributed by atoms with Gasteiger partial charge in [0, 0.05) is 26.2 Å². The van der Waals surface area contributed by atoms with Gasteiger partial charge in [-0.1, -0.05) is 30.3 Å². The van der Waals surface area contributed by atoms with Crippen LogP contribution in [0.5, 0.6) is 0 Å². The third kappa shape index (κ3) is 4.12. The van der Waals surface area contributed by atoms with Gasteiger partial charge in [0.2, 0.25) is 20.0 Å². The highest BCUT2D eigenvalue weighted by Gasteiger charge is 2.32. The molecule has 0 unspecified atom stereocenters. The molecule has 0 aromatic heterocycles. The second-order valence-corrected chi connectivity index (χ2v) is 11.6. The van der Waals surface area contributed by atoms with E-state index in [1.807, 2.05) is 30.3 Å². The van der Waals surface area contributed by atoms with Gasteiger partial charge in [-0.3, -0.25) is 0 Å². The van der Waals surface area contributed by atoms with Crippen LogP contribution in [0.15, 0.2) is 64.4 Å². The molecule has 0 N–H and O–H groups in total. The summed E-state index contributed by atoms with van der Waals surface area (Å²) in [6, 6.07) is 15.7. The minimum Gasteiger partial charge on any atom is -0.207 e. The smallest absolute Gasteiger partial charge is 0.207 e. The summed E-state index contributed by atoms with van der Waals surface area (Å²) in [4.78, 5) is 0.297. The van der Waals surface area contributed by atoms with Gasteiger partial charge in [-0.15, -0.1) is 0 Å². The van der Waals surface area contributed by atoms with Crippen molar-refractivity contribution in [1.29, 1.82) is 0 Å². The fraction of sp³-hybridized carbons (Fsp3) is 0.429. The quantitative estimate of drug-likeness (QED) is 0.725. The first-order chi connectivity index (χ1) is 13.9. The van der Waals surface area contributed by atoms with Gasteiger partial charge in [0.25, 0.3) is 0 Å². The molecule has 0 saturated carbocycles. The lowest BCUT2D eigenvalue weighted by Gasteiger charge is -2.32. The maximum atomic E-state index is 13.1. The van der Waals surface area contributed by atoms with E-state index in [-0.39, 0.29) is 15.7 Å². The van der Waals surface area contributed by atoms with Crippen LogP contribution in [0.4, 0.5) is 0 Å². The van der Waals surface area contributed by atoms with E-state index >= 15 is 0 Å². The SMILES string of the molecule is O=S(=O)(c1ccc(S(=O)(=O)N2CCC[C@H](c3ccccc3)C2)cc1)N1CCCC1. The van der Waals surface area contributed by atoms with E-state index in [2.05, 4.69) is 0 Å². The van der Waals surface area contributed by atoms with Crippen molar-refractivity contribution in [2.24, 2.45) is 0 Å². The molecule has 0 radical (unpaired) electrons. The Morgan fingerprint density at radius 2 is 1.17 bits per heavy atom. The predicted molar refractivity (Wildman–Crippen MR) is 112 cm³/mol. The minimum atomic E-state index is -3.66. The van der Waals surface area contributed by atoms with Gasteiger partial charge in [0.05, 0.1) is 9.79 Å².